The van der Waals surface area contributed by atoms with Crippen LogP contribution < -0.4 is 8.92 Å². The zero-order valence-electron chi connectivity index (χ0n) is 14.2. The molecular weight excluding hydrogens is 324 g/mol. The van der Waals surface area contributed by atoms with Crippen molar-refractivity contribution in [3.05, 3.63) is 65.7 Å². The van der Waals surface area contributed by atoms with Crippen LogP contribution in [-0.4, -0.2) is 15.0 Å². The first-order valence-electron chi connectivity index (χ1n) is 7.76. The summed E-state index contributed by atoms with van der Waals surface area (Å²) in [7, 11) is -3.93. The Balaban J connectivity index is 2.48. The molecule has 0 heterocycles. The molecule has 0 aliphatic heterocycles. The lowest BCUT2D eigenvalue weighted by Gasteiger charge is -2.17. The summed E-state index contributed by atoms with van der Waals surface area (Å²) in [6.45, 7) is 9.78. The summed E-state index contributed by atoms with van der Waals surface area (Å²) in [5, 5.41) is 0. The predicted octanol–water partition coefficient (Wildman–Crippen LogP) is 4.20. The topological polar surface area (TPSA) is 52.6 Å². The molecule has 0 spiro atoms. The van der Waals surface area contributed by atoms with Gasteiger partial charge in [0.25, 0.3) is 0 Å². The number of allylic oxidation sites excluding steroid dienone is 1. The van der Waals surface area contributed by atoms with E-state index >= 15 is 0 Å². The highest BCUT2D eigenvalue weighted by molar-refractivity contribution is 7.87. The van der Waals surface area contributed by atoms with Crippen molar-refractivity contribution >= 4 is 10.1 Å². The molecule has 0 atom stereocenters. The molecule has 0 amide bonds. The van der Waals surface area contributed by atoms with Gasteiger partial charge in [0.15, 0.2) is 11.5 Å². The maximum atomic E-state index is 12.6. The number of benzene rings is 2. The third-order valence-electron chi connectivity index (χ3n) is 3.57. The smallest absolute Gasteiger partial charge is 0.339 e. The van der Waals surface area contributed by atoms with Gasteiger partial charge in [-0.3, -0.25) is 0 Å². The van der Waals surface area contributed by atoms with E-state index in [0.29, 0.717) is 18.8 Å². The summed E-state index contributed by atoms with van der Waals surface area (Å²) in [4.78, 5) is 0.121. The Morgan fingerprint density at radius 3 is 2.54 bits per heavy atom. The zero-order chi connectivity index (χ0) is 17.7. The molecule has 0 bridgehead atoms. The van der Waals surface area contributed by atoms with Gasteiger partial charge in [0.05, 0.1) is 6.61 Å². The SMILES string of the molecule is C=CCc1c(C)ccc(OS(=O)(=O)c2cccc(C)c2)c1OCC. The first-order chi connectivity index (χ1) is 11.4. The number of ether oxygens (including phenoxy) is 1. The summed E-state index contributed by atoms with van der Waals surface area (Å²) < 4.78 is 36.2. The lowest BCUT2D eigenvalue weighted by atomic mass is 10.0. The van der Waals surface area contributed by atoms with Gasteiger partial charge >= 0.3 is 10.1 Å². The van der Waals surface area contributed by atoms with E-state index in [2.05, 4.69) is 6.58 Å². The van der Waals surface area contributed by atoms with Crippen molar-refractivity contribution in [3.8, 4) is 11.5 Å². The molecule has 0 aliphatic rings. The predicted molar refractivity (Wildman–Crippen MR) is 95.2 cm³/mol. The number of hydrogen-bond donors (Lipinski definition) is 0. The lowest BCUT2D eigenvalue weighted by molar-refractivity contribution is 0.324. The van der Waals surface area contributed by atoms with E-state index in [0.717, 1.165) is 16.7 Å². The second kappa shape index (κ2) is 7.53. The quantitative estimate of drug-likeness (QED) is 0.557. The molecule has 0 aliphatic carbocycles. The summed E-state index contributed by atoms with van der Waals surface area (Å²) in [5.74, 6) is 0.648. The van der Waals surface area contributed by atoms with E-state index < -0.39 is 10.1 Å². The maximum Gasteiger partial charge on any atom is 0.339 e. The van der Waals surface area contributed by atoms with Crippen molar-refractivity contribution in [2.75, 3.05) is 6.61 Å². The van der Waals surface area contributed by atoms with E-state index in [9.17, 15) is 8.42 Å². The van der Waals surface area contributed by atoms with Crippen molar-refractivity contribution in [1.29, 1.82) is 0 Å². The van der Waals surface area contributed by atoms with Gasteiger partial charge < -0.3 is 8.92 Å². The summed E-state index contributed by atoms with van der Waals surface area (Å²) >= 11 is 0. The third kappa shape index (κ3) is 3.97. The molecular formula is C19H22O4S. The minimum absolute atomic E-state index is 0.121. The fourth-order valence-corrected chi connectivity index (χ4v) is 3.45. The first kappa shape index (κ1) is 18.1. The van der Waals surface area contributed by atoms with Gasteiger partial charge in [-0.15, -0.1) is 6.58 Å². The van der Waals surface area contributed by atoms with E-state index in [1.165, 1.54) is 6.07 Å². The maximum absolute atomic E-state index is 12.6. The van der Waals surface area contributed by atoms with Crippen molar-refractivity contribution in [2.24, 2.45) is 0 Å². The van der Waals surface area contributed by atoms with Gasteiger partial charge in [0.1, 0.15) is 4.90 Å². The highest BCUT2D eigenvalue weighted by Gasteiger charge is 2.21. The fourth-order valence-electron chi connectivity index (χ4n) is 2.41. The molecule has 2 rings (SSSR count). The van der Waals surface area contributed by atoms with E-state index in [-0.39, 0.29) is 10.6 Å². The van der Waals surface area contributed by atoms with Crippen molar-refractivity contribution in [3.63, 3.8) is 0 Å². The van der Waals surface area contributed by atoms with Gasteiger partial charge in [-0.05, 0) is 56.5 Å². The average Bonchev–Trinajstić information content (AvgIpc) is 2.53. The van der Waals surface area contributed by atoms with Crippen LogP contribution in [0.25, 0.3) is 0 Å². The molecule has 128 valence electrons. The van der Waals surface area contributed by atoms with Crippen LogP contribution in [0.1, 0.15) is 23.6 Å². The summed E-state index contributed by atoms with van der Waals surface area (Å²) in [5.41, 5.74) is 2.73. The minimum atomic E-state index is -3.93. The Morgan fingerprint density at radius 1 is 1.17 bits per heavy atom. The molecule has 0 aromatic heterocycles. The van der Waals surface area contributed by atoms with Crippen molar-refractivity contribution in [1.82, 2.24) is 0 Å². The molecule has 24 heavy (non-hydrogen) atoms. The van der Waals surface area contributed by atoms with Crippen molar-refractivity contribution in [2.45, 2.75) is 32.1 Å². The van der Waals surface area contributed by atoms with E-state index in [1.807, 2.05) is 32.9 Å². The van der Waals surface area contributed by atoms with Crippen LogP contribution >= 0.6 is 0 Å². The van der Waals surface area contributed by atoms with Crippen LogP contribution in [0.4, 0.5) is 0 Å². The average molecular weight is 346 g/mol. The molecule has 0 N–H and O–H groups in total. The second-order valence-corrected chi connectivity index (χ2v) is 7.01. The Bertz CT molecular complexity index is 838. The highest BCUT2D eigenvalue weighted by Crippen LogP contribution is 2.36. The van der Waals surface area contributed by atoms with Crippen LogP contribution in [0.3, 0.4) is 0 Å². The Hall–Kier alpha value is -2.27. The number of hydrogen-bond acceptors (Lipinski definition) is 4. The largest absolute Gasteiger partial charge is 0.490 e. The molecule has 0 saturated carbocycles. The second-order valence-electron chi connectivity index (χ2n) is 5.47. The van der Waals surface area contributed by atoms with E-state index in [1.54, 1.807) is 24.3 Å². The van der Waals surface area contributed by atoms with Gasteiger partial charge in [-0.2, -0.15) is 8.42 Å². The highest BCUT2D eigenvalue weighted by atomic mass is 32.2. The van der Waals surface area contributed by atoms with E-state index in [4.69, 9.17) is 8.92 Å². The van der Waals surface area contributed by atoms with Gasteiger partial charge in [0, 0.05) is 5.56 Å². The summed E-state index contributed by atoms with van der Waals surface area (Å²) in [6, 6.07) is 10.1. The van der Waals surface area contributed by atoms with Crippen molar-refractivity contribution < 1.29 is 17.3 Å². The molecule has 4 nitrogen and oxygen atoms in total. The van der Waals surface area contributed by atoms with Crippen LogP contribution in [0.5, 0.6) is 11.5 Å². The standard InChI is InChI=1S/C19H22O4S/c1-5-8-17-15(4)11-12-18(19(17)22-6-2)23-24(20,21)16-10-7-9-14(3)13-16/h5,7,9-13H,1,6,8H2,2-4H3. The monoisotopic (exact) mass is 346 g/mol. The van der Waals surface area contributed by atoms with Crippen LogP contribution in [0, 0.1) is 13.8 Å². The van der Waals surface area contributed by atoms with Crippen LogP contribution in [-0.2, 0) is 16.5 Å². The number of aryl methyl sites for hydroxylation is 2. The molecule has 0 fully saturated rings. The van der Waals surface area contributed by atoms with Gasteiger partial charge in [0.2, 0.25) is 0 Å². The Labute approximate surface area is 143 Å². The fraction of sp³-hybridized carbons (Fsp3) is 0.263. The first-order valence-corrected chi connectivity index (χ1v) is 9.17. The molecule has 0 radical (unpaired) electrons. The number of rotatable bonds is 7. The molecule has 2 aromatic carbocycles. The van der Waals surface area contributed by atoms with Gasteiger partial charge in [-0.25, -0.2) is 0 Å². The van der Waals surface area contributed by atoms with Crippen LogP contribution in [0.2, 0.25) is 0 Å². The summed E-state index contributed by atoms with van der Waals surface area (Å²) in [6.07, 6.45) is 2.33. The minimum Gasteiger partial charge on any atom is -0.490 e. The lowest BCUT2D eigenvalue weighted by Crippen LogP contribution is -2.12. The normalized spacial score (nSPS) is 11.1. The van der Waals surface area contributed by atoms with Gasteiger partial charge in [-0.1, -0.05) is 24.3 Å². The van der Waals surface area contributed by atoms with Crippen LogP contribution in [0.15, 0.2) is 53.9 Å². The Morgan fingerprint density at radius 2 is 1.92 bits per heavy atom. The molecule has 5 heteroatoms. The molecule has 2 aromatic rings. The zero-order valence-corrected chi connectivity index (χ0v) is 15.0. The Kier molecular flexibility index (Phi) is 5.67. The third-order valence-corrected chi connectivity index (χ3v) is 4.80. The molecule has 0 saturated heterocycles. The molecule has 0 unspecified atom stereocenters.